The largest absolute Gasteiger partial charge is 0.382 e. The fourth-order valence-electron chi connectivity index (χ4n) is 1.48. The molecule has 0 aromatic carbocycles. The topological polar surface area (TPSA) is 66.0 Å². The lowest BCUT2D eigenvalue weighted by atomic mass is 10.2. The van der Waals surface area contributed by atoms with E-state index in [0.717, 1.165) is 18.0 Å². The predicted molar refractivity (Wildman–Crippen MR) is 76.1 cm³/mol. The van der Waals surface area contributed by atoms with Crippen molar-refractivity contribution in [1.29, 1.82) is 5.41 Å². The molecule has 0 bridgehead atoms. The number of anilines is 1. The third-order valence-corrected chi connectivity index (χ3v) is 3.42. The van der Waals surface area contributed by atoms with Gasteiger partial charge in [-0.2, -0.15) is 11.8 Å². The Morgan fingerprint density at radius 2 is 2.29 bits per heavy atom. The Bertz CT molecular complexity index is 381. The van der Waals surface area contributed by atoms with Crippen LogP contribution in [0.25, 0.3) is 0 Å². The van der Waals surface area contributed by atoms with Crippen molar-refractivity contribution in [2.45, 2.75) is 19.4 Å². The van der Waals surface area contributed by atoms with Crippen LogP contribution in [0.3, 0.4) is 0 Å². The van der Waals surface area contributed by atoms with Gasteiger partial charge in [-0.05, 0) is 37.5 Å². The van der Waals surface area contributed by atoms with E-state index in [1.807, 2.05) is 30.9 Å². The minimum absolute atomic E-state index is 0.0111. The first-order valence-electron chi connectivity index (χ1n) is 5.59. The number of nitrogens with two attached hydrogens (primary N) is 1. The molecular weight excluding hydrogens is 232 g/mol. The van der Waals surface area contributed by atoms with Crippen LogP contribution in [0.2, 0.25) is 0 Å². The summed E-state index contributed by atoms with van der Waals surface area (Å²) in [4.78, 5) is 6.50. The monoisotopic (exact) mass is 252 g/mol. The van der Waals surface area contributed by atoms with Gasteiger partial charge >= 0.3 is 0 Å². The Balaban J connectivity index is 2.77. The second-order valence-electron chi connectivity index (χ2n) is 4.04. The van der Waals surface area contributed by atoms with Gasteiger partial charge in [0, 0.05) is 13.1 Å². The van der Waals surface area contributed by atoms with Gasteiger partial charge in [0.15, 0.2) is 0 Å². The van der Waals surface area contributed by atoms with Crippen LogP contribution >= 0.6 is 11.8 Å². The molecule has 0 spiro atoms. The van der Waals surface area contributed by atoms with Gasteiger partial charge in [-0.15, -0.1) is 0 Å². The Hall–Kier alpha value is -1.23. The van der Waals surface area contributed by atoms with Gasteiger partial charge in [0.1, 0.15) is 17.3 Å². The van der Waals surface area contributed by atoms with Crippen LogP contribution in [0.5, 0.6) is 0 Å². The van der Waals surface area contributed by atoms with Gasteiger partial charge in [-0.1, -0.05) is 6.07 Å². The minimum Gasteiger partial charge on any atom is -0.382 e. The molecule has 0 saturated carbocycles. The van der Waals surface area contributed by atoms with E-state index in [4.69, 9.17) is 11.1 Å². The average molecular weight is 252 g/mol. The molecule has 0 saturated heterocycles. The number of hydrogen-bond donors (Lipinski definition) is 2. The molecule has 17 heavy (non-hydrogen) atoms. The fourth-order valence-corrected chi connectivity index (χ4v) is 2.05. The Labute approximate surface area is 107 Å². The number of thioether (sulfide) groups is 1. The maximum Gasteiger partial charge on any atom is 0.141 e. The molecule has 1 atom stereocenters. The molecule has 5 heteroatoms. The summed E-state index contributed by atoms with van der Waals surface area (Å²) >= 11 is 1.85. The number of rotatable bonds is 6. The molecule has 1 heterocycles. The zero-order valence-corrected chi connectivity index (χ0v) is 11.4. The third-order valence-electron chi connectivity index (χ3n) is 2.77. The fraction of sp³-hybridized carbons (Fsp3) is 0.500. The maximum absolute atomic E-state index is 7.38. The molecule has 3 N–H and O–H groups in total. The summed E-state index contributed by atoms with van der Waals surface area (Å²) in [6.45, 7) is 2.18. The molecule has 0 radical (unpaired) electrons. The van der Waals surface area contributed by atoms with E-state index < -0.39 is 0 Å². The summed E-state index contributed by atoms with van der Waals surface area (Å²) in [7, 11) is 2.03. The summed E-state index contributed by atoms with van der Waals surface area (Å²) in [5, 5.41) is 7.38. The lowest BCUT2D eigenvalue weighted by Crippen LogP contribution is -2.30. The van der Waals surface area contributed by atoms with Gasteiger partial charge in [0.05, 0.1) is 0 Å². The van der Waals surface area contributed by atoms with E-state index in [2.05, 4.69) is 23.1 Å². The highest BCUT2D eigenvalue weighted by molar-refractivity contribution is 7.98. The predicted octanol–water partition coefficient (Wildman–Crippen LogP) is 1.94. The highest BCUT2D eigenvalue weighted by atomic mass is 32.2. The van der Waals surface area contributed by atoms with Crippen LogP contribution in [-0.2, 0) is 0 Å². The SMILES string of the molecule is CSCCC(C)N(C)c1cccc(C(=N)N)n1. The van der Waals surface area contributed by atoms with Gasteiger partial charge in [-0.3, -0.25) is 5.41 Å². The minimum atomic E-state index is 0.0111. The van der Waals surface area contributed by atoms with Crippen LogP contribution in [0.4, 0.5) is 5.82 Å². The lowest BCUT2D eigenvalue weighted by molar-refractivity contribution is 0.662. The Morgan fingerprint density at radius 3 is 2.88 bits per heavy atom. The second-order valence-corrected chi connectivity index (χ2v) is 5.02. The highest BCUT2D eigenvalue weighted by Crippen LogP contribution is 2.15. The highest BCUT2D eigenvalue weighted by Gasteiger charge is 2.11. The molecular formula is C12H20N4S. The van der Waals surface area contributed by atoms with Crippen molar-refractivity contribution in [2.24, 2.45) is 5.73 Å². The van der Waals surface area contributed by atoms with Gasteiger partial charge in [0.25, 0.3) is 0 Å². The number of nitrogen functional groups attached to an aromatic ring is 1. The first kappa shape index (κ1) is 13.8. The van der Waals surface area contributed by atoms with E-state index in [9.17, 15) is 0 Å². The van der Waals surface area contributed by atoms with E-state index in [1.54, 1.807) is 6.07 Å². The zero-order valence-electron chi connectivity index (χ0n) is 10.6. The summed E-state index contributed by atoms with van der Waals surface area (Å²) in [5.41, 5.74) is 5.97. The van der Waals surface area contributed by atoms with E-state index in [-0.39, 0.29) is 5.84 Å². The average Bonchev–Trinajstić information content (AvgIpc) is 2.35. The first-order valence-corrected chi connectivity index (χ1v) is 6.99. The Kier molecular flexibility index (Phi) is 5.28. The maximum atomic E-state index is 7.38. The van der Waals surface area contributed by atoms with Crippen molar-refractivity contribution >= 4 is 23.4 Å². The van der Waals surface area contributed by atoms with Crippen molar-refractivity contribution in [3.63, 3.8) is 0 Å². The van der Waals surface area contributed by atoms with Crippen molar-refractivity contribution in [3.05, 3.63) is 23.9 Å². The van der Waals surface area contributed by atoms with E-state index >= 15 is 0 Å². The van der Waals surface area contributed by atoms with Crippen LogP contribution in [0.15, 0.2) is 18.2 Å². The summed E-state index contributed by atoms with van der Waals surface area (Å²) in [6, 6.07) is 6.02. The third kappa shape index (κ3) is 3.93. The van der Waals surface area contributed by atoms with Crippen molar-refractivity contribution in [2.75, 3.05) is 24.0 Å². The number of nitrogens with zero attached hydrogens (tertiary/aromatic N) is 2. The van der Waals surface area contributed by atoms with Crippen molar-refractivity contribution in [1.82, 2.24) is 4.98 Å². The van der Waals surface area contributed by atoms with Crippen LogP contribution in [0, 0.1) is 5.41 Å². The number of pyridine rings is 1. The molecule has 4 nitrogen and oxygen atoms in total. The molecule has 1 rings (SSSR count). The molecule has 0 fully saturated rings. The van der Waals surface area contributed by atoms with Crippen LogP contribution < -0.4 is 10.6 Å². The molecule has 1 unspecified atom stereocenters. The summed E-state index contributed by atoms with van der Waals surface area (Å²) < 4.78 is 0. The van der Waals surface area contributed by atoms with Gasteiger partial charge < -0.3 is 10.6 Å². The van der Waals surface area contributed by atoms with E-state index in [0.29, 0.717) is 11.7 Å². The molecule has 0 aliphatic rings. The first-order chi connectivity index (χ1) is 8.06. The molecule has 0 aliphatic heterocycles. The van der Waals surface area contributed by atoms with E-state index in [1.165, 1.54) is 0 Å². The number of amidine groups is 1. The number of hydrogen-bond acceptors (Lipinski definition) is 4. The smallest absolute Gasteiger partial charge is 0.141 e. The zero-order chi connectivity index (χ0) is 12.8. The van der Waals surface area contributed by atoms with Crippen LogP contribution in [-0.4, -0.2) is 35.9 Å². The standard InChI is InChI=1S/C12H20N4S/c1-9(7-8-17-3)16(2)11-6-4-5-10(15-11)12(13)14/h4-6,9H,7-8H2,1-3H3,(H3,13,14). The number of nitrogens with one attached hydrogen (secondary N) is 1. The van der Waals surface area contributed by atoms with Crippen LogP contribution in [0.1, 0.15) is 19.0 Å². The van der Waals surface area contributed by atoms with Gasteiger partial charge in [0.2, 0.25) is 0 Å². The van der Waals surface area contributed by atoms with Gasteiger partial charge in [-0.25, -0.2) is 4.98 Å². The normalized spacial score (nSPS) is 12.2. The molecule has 1 aromatic rings. The summed E-state index contributed by atoms with van der Waals surface area (Å²) in [5.74, 6) is 2.01. The molecule has 94 valence electrons. The lowest BCUT2D eigenvalue weighted by Gasteiger charge is -2.26. The van der Waals surface area contributed by atoms with Crippen molar-refractivity contribution in [3.8, 4) is 0 Å². The molecule has 0 amide bonds. The summed E-state index contributed by atoms with van der Waals surface area (Å²) in [6.07, 6.45) is 3.23. The second kappa shape index (κ2) is 6.49. The van der Waals surface area contributed by atoms with Crippen molar-refractivity contribution < 1.29 is 0 Å². The quantitative estimate of drug-likeness (QED) is 0.600. The Morgan fingerprint density at radius 1 is 1.59 bits per heavy atom. The molecule has 1 aromatic heterocycles. The molecule has 0 aliphatic carbocycles. The number of aromatic nitrogens is 1.